The fraction of sp³-hybridized carbons (Fsp3) is 0.143. The molecule has 1 atom stereocenters. The molecule has 0 fully saturated rings. The Kier molecular flexibility index (Phi) is 4.60. The van der Waals surface area contributed by atoms with Crippen molar-refractivity contribution in [3.63, 3.8) is 0 Å². The van der Waals surface area contributed by atoms with Crippen LogP contribution in [0.3, 0.4) is 0 Å². The lowest BCUT2D eigenvalue weighted by Crippen LogP contribution is -2.27. The molecule has 2 rings (SSSR count). The van der Waals surface area contributed by atoms with Gasteiger partial charge in [0.25, 0.3) is 5.69 Å². The van der Waals surface area contributed by atoms with E-state index in [1.165, 1.54) is 43.3 Å². The van der Waals surface area contributed by atoms with Gasteiger partial charge < -0.3 is 9.84 Å². The number of benzene rings is 1. The Labute approximate surface area is 132 Å². The number of non-ortho nitro benzene ring substituents is 1. The molecule has 8 nitrogen and oxygen atoms in total. The minimum atomic E-state index is -2.71. The van der Waals surface area contributed by atoms with E-state index >= 15 is 0 Å². The molecule has 0 bridgehead atoms. The molecule has 1 N–H and O–H groups in total. The van der Waals surface area contributed by atoms with Crippen molar-refractivity contribution in [1.82, 2.24) is 0 Å². The van der Waals surface area contributed by atoms with Crippen LogP contribution in [0.25, 0.3) is 0 Å². The van der Waals surface area contributed by atoms with E-state index in [2.05, 4.69) is 0 Å². The summed E-state index contributed by atoms with van der Waals surface area (Å²) in [5.41, 5.74) is 0.0627. The van der Waals surface area contributed by atoms with E-state index < -0.39 is 27.1 Å². The Morgan fingerprint density at radius 2 is 1.91 bits per heavy atom. The van der Waals surface area contributed by atoms with E-state index in [4.69, 9.17) is 9.84 Å². The number of nitro groups is 1. The minimum absolute atomic E-state index is 0.110. The monoisotopic (exact) mass is 337 g/mol. The highest BCUT2D eigenvalue weighted by atomic mass is 32.2. The normalized spacial score (nSPS) is 17.1. The standard InChI is InChI=1S/C14H11NO7S/c1-8-12(7-6-11(14(16)17)13(8)23(20)21)22-10-4-2-9(3-5-10)15(18)19/h2-7,11H,1H3,(H,16,17). The van der Waals surface area contributed by atoms with Gasteiger partial charge in [0.05, 0.1) is 9.79 Å². The van der Waals surface area contributed by atoms with E-state index in [0.29, 0.717) is 0 Å². The minimum Gasteiger partial charge on any atom is -0.481 e. The third kappa shape index (κ3) is 3.46. The predicted molar refractivity (Wildman–Crippen MR) is 80.6 cm³/mol. The zero-order valence-electron chi connectivity index (χ0n) is 11.8. The molecule has 120 valence electrons. The third-order valence-electron chi connectivity index (χ3n) is 3.18. The van der Waals surface area contributed by atoms with Gasteiger partial charge in [-0.2, -0.15) is 8.42 Å². The van der Waals surface area contributed by atoms with Gasteiger partial charge in [-0.3, -0.25) is 14.9 Å². The summed E-state index contributed by atoms with van der Waals surface area (Å²) >= 11 is 0. The number of allylic oxidation sites excluding steroid dienone is 2. The molecule has 0 saturated carbocycles. The van der Waals surface area contributed by atoms with E-state index in [1.807, 2.05) is 0 Å². The molecule has 1 aromatic carbocycles. The molecule has 9 heteroatoms. The molecule has 1 unspecified atom stereocenters. The quantitative estimate of drug-likeness (QED) is 0.502. The van der Waals surface area contributed by atoms with Gasteiger partial charge in [-0.05, 0) is 25.1 Å². The van der Waals surface area contributed by atoms with Crippen LogP contribution in [0, 0.1) is 16.0 Å². The molecule has 0 heterocycles. The predicted octanol–water partition coefficient (Wildman–Crippen LogP) is 1.57. The summed E-state index contributed by atoms with van der Waals surface area (Å²) in [5.74, 6) is -2.12. The molecule has 23 heavy (non-hydrogen) atoms. The molecule has 1 aliphatic rings. The number of carboxylic acids is 1. The van der Waals surface area contributed by atoms with Crippen molar-refractivity contribution in [2.75, 3.05) is 0 Å². The summed E-state index contributed by atoms with van der Waals surface area (Å²) in [6.07, 6.45) is 2.58. The van der Waals surface area contributed by atoms with Gasteiger partial charge in [0.1, 0.15) is 17.4 Å². The average molecular weight is 337 g/mol. The lowest BCUT2D eigenvalue weighted by molar-refractivity contribution is -0.384. The van der Waals surface area contributed by atoms with Crippen molar-refractivity contribution in [2.24, 2.45) is 5.92 Å². The lowest BCUT2D eigenvalue weighted by Gasteiger charge is -2.18. The smallest absolute Gasteiger partial charge is 0.315 e. The number of hydrogen-bond donors (Lipinski definition) is 1. The molecule has 0 spiro atoms. The summed E-state index contributed by atoms with van der Waals surface area (Å²) < 4.78 is 28.1. The van der Waals surface area contributed by atoms with Crippen molar-refractivity contribution < 1.29 is 28.0 Å². The number of ether oxygens (including phenoxy) is 1. The maximum Gasteiger partial charge on any atom is 0.315 e. The summed E-state index contributed by atoms with van der Waals surface area (Å²) in [7, 11) is -2.71. The highest BCUT2D eigenvalue weighted by Crippen LogP contribution is 2.25. The average Bonchev–Trinajstić information content (AvgIpc) is 2.48. The van der Waals surface area contributed by atoms with Gasteiger partial charge in [0.2, 0.25) is 10.3 Å². The number of nitro benzene ring substituents is 1. The number of nitrogens with zero attached hydrogens (tertiary/aromatic N) is 1. The molecule has 0 radical (unpaired) electrons. The molecule has 0 amide bonds. The summed E-state index contributed by atoms with van der Waals surface area (Å²) in [5, 5.41) is 19.7. The Morgan fingerprint density at radius 1 is 1.30 bits per heavy atom. The second-order valence-corrected chi connectivity index (χ2v) is 5.53. The Hall–Kier alpha value is -2.94. The number of carboxylic acid groups (broad SMARTS) is 1. The van der Waals surface area contributed by atoms with Crippen LogP contribution in [-0.4, -0.2) is 29.3 Å². The summed E-state index contributed by atoms with van der Waals surface area (Å²) in [6.45, 7) is 1.44. The first-order valence-corrected chi connectivity index (χ1v) is 7.39. The maximum atomic E-state index is 11.3. The van der Waals surface area contributed by atoms with E-state index in [0.717, 1.165) is 0 Å². The summed E-state index contributed by atoms with van der Waals surface area (Å²) in [4.78, 5) is 20.9. The zero-order chi connectivity index (χ0) is 17.1. The first-order valence-electron chi connectivity index (χ1n) is 6.32. The second kappa shape index (κ2) is 6.44. The molecular formula is C14H11NO7S. The van der Waals surface area contributed by atoms with E-state index in [-0.39, 0.29) is 27.6 Å². The van der Waals surface area contributed by atoms with Crippen LogP contribution in [-0.2, 0) is 15.1 Å². The van der Waals surface area contributed by atoms with E-state index in [9.17, 15) is 23.3 Å². The van der Waals surface area contributed by atoms with Gasteiger partial charge in [0.15, 0.2) is 0 Å². The Morgan fingerprint density at radius 3 is 2.39 bits per heavy atom. The van der Waals surface area contributed by atoms with Crippen LogP contribution < -0.4 is 4.74 Å². The fourth-order valence-corrected chi connectivity index (χ4v) is 2.78. The Balaban J connectivity index is 2.37. The SMILES string of the molecule is CC1=C(Oc2ccc([N+](=O)[O-])cc2)C=CC(C(=O)O)C1=S(=O)=O. The molecule has 1 aliphatic carbocycles. The first kappa shape index (κ1) is 16.4. The number of hydrogen-bond acceptors (Lipinski definition) is 6. The van der Waals surface area contributed by atoms with Crippen LogP contribution in [0.5, 0.6) is 5.75 Å². The largest absolute Gasteiger partial charge is 0.481 e. The van der Waals surface area contributed by atoms with Crippen LogP contribution in [0.2, 0.25) is 0 Å². The van der Waals surface area contributed by atoms with Crippen LogP contribution in [0.1, 0.15) is 6.92 Å². The maximum absolute atomic E-state index is 11.3. The topological polar surface area (TPSA) is 124 Å². The lowest BCUT2D eigenvalue weighted by atomic mass is 9.94. The number of aliphatic carboxylic acids is 1. The Bertz CT molecular complexity index is 855. The molecule has 1 aromatic rings. The van der Waals surface area contributed by atoms with Crippen molar-refractivity contribution in [3.8, 4) is 5.75 Å². The third-order valence-corrected chi connectivity index (χ3v) is 4.10. The number of carbonyl (C=O) groups is 1. The van der Waals surface area contributed by atoms with Crippen molar-refractivity contribution >= 4 is 26.8 Å². The number of rotatable bonds is 4. The van der Waals surface area contributed by atoms with Crippen molar-refractivity contribution in [2.45, 2.75) is 6.92 Å². The van der Waals surface area contributed by atoms with Gasteiger partial charge in [-0.1, -0.05) is 6.08 Å². The van der Waals surface area contributed by atoms with Crippen molar-refractivity contribution in [3.05, 3.63) is 57.9 Å². The first-order chi connectivity index (χ1) is 10.8. The van der Waals surface area contributed by atoms with Gasteiger partial charge in [0, 0.05) is 17.7 Å². The van der Waals surface area contributed by atoms with Crippen LogP contribution >= 0.6 is 0 Å². The van der Waals surface area contributed by atoms with Crippen molar-refractivity contribution in [1.29, 1.82) is 0 Å². The molecule has 0 aliphatic heterocycles. The van der Waals surface area contributed by atoms with Gasteiger partial charge in [-0.15, -0.1) is 0 Å². The highest BCUT2D eigenvalue weighted by molar-refractivity contribution is 7.73. The highest BCUT2D eigenvalue weighted by Gasteiger charge is 2.29. The molecule has 0 saturated heterocycles. The zero-order valence-corrected chi connectivity index (χ0v) is 12.6. The molecule has 0 aromatic heterocycles. The molecular weight excluding hydrogens is 326 g/mol. The van der Waals surface area contributed by atoms with Crippen LogP contribution in [0.4, 0.5) is 5.69 Å². The van der Waals surface area contributed by atoms with E-state index in [1.54, 1.807) is 0 Å². The van der Waals surface area contributed by atoms with Gasteiger partial charge in [-0.25, -0.2) is 0 Å². The summed E-state index contributed by atoms with van der Waals surface area (Å²) in [6, 6.07) is 5.22. The van der Waals surface area contributed by atoms with Gasteiger partial charge >= 0.3 is 5.97 Å². The fourth-order valence-electron chi connectivity index (χ4n) is 2.05. The second-order valence-electron chi connectivity index (χ2n) is 4.62. The van der Waals surface area contributed by atoms with Crippen LogP contribution in [0.15, 0.2) is 47.7 Å².